The lowest BCUT2D eigenvalue weighted by molar-refractivity contribution is -0.386. The molecule has 3 fully saturated rings. The van der Waals surface area contributed by atoms with Crippen molar-refractivity contribution in [3.63, 3.8) is 0 Å². The van der Waals surface area contributed by atoms with Crippen molar-refractivity contribution in [2.75, 3.05) is 13.2 Å². The first kappa shape index (κ1) is 26.6. The first-order chi connectivity index (χ1) is 18.0. The maximum Gasteiger partial charge on any atom is 0.187 e. The summed E-state index contributed by atoms with van der Waals surface area (Å²) in [6.07, 6.45) is -13.4. The van der Waals surface area contributed by atoms with E-state index in [1.54, 1.807) is 0 Å². The standard InChI is InChI=1S/C26H32O11/c27-11-16-22(18(28)20(30)25(34-16)32-12-14-7-3-1-4-8-14)37-26-21(31)19(29)23-17(35-26)13-33-24(36-23)15-9-5-2-6-10-15/h1-10,16-31H,11-13H2/t16-,17-,18-,19-,20-,21-,22-,23-,24-,25-,26+/m1/s1. The Hall–Kier alpha value is -2.00. The van der Waals surface area contributed by atoms with Crippen molar-refractivity contribution < 1.29 is 54.0 Å². The van der Waals surface area contributed by atoms with Gasteiger partial charge in [-0.2, -0.15) is 0 Å². The summed E-state index contributed by atoms with van der Waals surface area (Å²) in [5.41, 5.74) is 1.59. The Labute approximate surface area is 213 Å². The molecule has 11 nitrogen and oxygen atoms in total. The molecule has 3 heterocycles. The number of hydrogen-bond donors (Lipinski definition) is 5. The summed E-state index contributed by atoms with van der Waals surface area (Å²) in [4.78, 5) is 0. The zero-order valence-electron chi connectivity index (χ0n) is 19.9. The minimum Gasteiger partial charge on any atom is -0.394 e. The summed E-state index contributed by atoms with van der Waals surface area (Å²) in [5.74, 6) is 0. The van der Waals surface area contributed by atoms with E-state index in [9.17, 15) is 25.5 Å². The number of aliphatic hydroxyl groups excluding tert-OH is 5. The van der Waals surface area contributed by atoms with E-state index >= 15 is 0 Å². The Balaban J connectivity index is 1.21. The third kappa shape index (κ3) is 5.72. The van der Waals surface area contributed by atoms with Crippen LogP contribution in [-0.4, -0.2) is 100 Å². The molecule has 202 valence electrons. The molecule has 11 heteroatoms. The van der Waals surface area contributed by atoms with Crippen molar-refractivity contribution in [3.8, 4) is 0 Å². The summed E-state index contributed by atoms with van der Waals surface area (Å²) in [5, 5.41) is 52.8. The first-order valence-electron chi connectivity index (χ1n) is 12.2. The maximum absolute atomic E-state index is 10.8. The molecule has 3 aliphatic rings. The molecule has 0 saturated carbocycles. The molecule has 3 saturated heterocycles. The van der Waals surface area contributed by atoms with Crippen molar-refractivity contribution in [2.45, 2.75) is 74.3 Å². The highest BCUT2D eigenvalue weighted by Crippen LogP contribution is 2.36. The van der Waals surface area contributed by atoms with Gasteiger partial charge in [0, 0.05) is 5.56 Å². The van der Waals surface area contributed by atoms with Gasteiger partial charge in [-0.3, -0.25) is 0 Å². The van der Waals surface area contributed by atoms with Gasteiger partial charge in [-0.25, -0.2) is 0 Å². The van der Waals surface area contributed by atoms with E-state index in [1.807, 2.05) is 60.7 Å². The van der Waals surface area contributed by atoms with Crippen LogP contribution in [0.15, 0.2) is 60.7 Å². The van der Waals surface area contributed by atoms with Gasteiger partial charge in [0.1, 0.15) is 48.8 Å². The molecule has 3 aliphatic heterocycles. The highest BCUT2D eigenvalue weighted by molar-refractivity contribution is 5.17. The van der Waals surface area contributed by atoms with E-state index < -0.39 is 74.3 Å². The molecule has 0 aliphatic carbocycles. The fourth-order valence-electron chi connectivity index (χ4n) is 4.74. The molecule has 0 bridgehead atoms. The molecular formula is C26H32O11. The summed E-state index contributed by atoms with van der Waals surface area (Å²) in [6.45, 7) is -0.399. The minimum atomic E-state index is -1.55. The zero-order chi connectivity index (χ0) is 25.9. The lowest BCUT2D eigenvalue weighted by Gasteiger charge is -2.48. The molecule has 2 aromatic rings. The Morgan fingerprint density at radius 1 is 0.757 bits per heavy atom. The van der Waals surface area contributed by atoms with E-state index in [0.29, 0.717) is 0 Å². The molecule has 37 heavy (non-hydrogen) atoms. The van der Waals surface area contributed by atoms with Crippen LogP contribution in [0.4, 0.5) is 0 Å². The predicted molar refractivity (Wildman–Crippen MR) is 125 cm³/mol. The molecular weight excluding hydrogens is 488 g/mol. The predicted octanol–water partition coefficient (Wildman–Crippen LogP) is -0.412. The van der Waals surface area contributed by atoms with E-state index in [1.165, 1.54) is 0 Å². The first-order valence-corrected chi connectivity index (χ1v) is 12.2. The third-order valence-corrected chi connectivity index (χ3v) is 6.77. The second-order valence-corrected chi connectivity index (χ2v) is 9.30. The van der Waals surface area contributed by atoms with Crippen LogP contribution in [0, 0.1) is 0 Å². The number of benzene rings is 2. The van der Waals surface area contributed by atoms with Crippen molar-refractivity contribution in [2.24, 2.45) is 0 Å². The molecule has 0 unspecified atom stereocenters. The van der Waals surface area contributed by atoms with Gasteiger partial charge in [-0.15, -0.1) is 0 Å². The highest BCUT2D eigenvalue weighted by atomic mass is 16.8. The number of rotatable bonds is 7. The monoisotopic (exact) mass is 520 g/mol. The van der Waals surface area contributed by atoms with Crippen molar-refractivity contribution >= 4 is 0 Å². The molecule has 0 spiro atoms. The normalized spacial score (nSPS) is 40.2. The van der Waals surface area contributed by atoms with E-state index in [4.69, 9.17) is 28.4 Å². The van der Waals surface area contributed by atoms with Gasteiger partial charge in [-0.1, -0.05) is 60.7 Å². The van der Waals surface area contributed by atoms with E-state index in [2.05, 4.69) is 0 Å². The van der Waals surface area contributed by atoms with Crippen molar-refractivity contribution in [1.29, 1.82) is 0 Å². The Morgan fingerprint density at radius 3 is 2.14 bits per heavy atom. The zero-order valence-corrected chi connectivity index (χ0v) is 19.9. The Bertz CT molecular complexity index is 975. The van der Waals surface area contributed by atoms with Crippen LogP contribution in [0.25, 0.3) is 0 Å². The van der Waals surface area contributed by atoms with Gasteiger partial charge in [0.15, 0.2) is 18.9 Å². The summed E-state index contributed by atoms with van der Waals surface area (Å²) >= 11 is 0. The largest absolute Gasteiger partial charge is 0.394 e. The van der Waals surface area contributed by atoms with Gasteiger partial charge >= 0.3 is 0 Å². The SMILES string of the molecule is OC[C@H]1O[C@@H](OCc2ccccc2)[C@H](O)[C@@H](O)[C@@H]1O[C@@H]1O[C@@H]2CO[C@@H](c3ccccc3)O[C@H]2[C@H](O)[C@H]1O. The van der Waals surface area contributed by atoms with Crippen LogP contribution in [0.5, 0.6) is 0 Å². The van der Waals surface area contributed by atoms with Gasteiger partial charge in [0.2, 0.25) is 0 Å². The topological polar surface area (TPSA) is 157 Å². The van der Waals surface area contributed by atoms with Gasteiger partial charge < -0.3 is 54.0 Å². The second kappa shape index (κ2) is 11.8. The average Bonchev–Trinajstić information content (AvgIpc) is 2.94. The van der Waals surface area contributed by atoms with Gasteiger partial charge in [-0.05, 0) is 5.56 Å². The summed E-state index contributed by atoms with van der Waals surface area (Å²) in [7, 11) is 0. The van der Waals surface area contributed by atoms with Crippen LogP contribution in [0.1, 0.15) is 17.4 Å². The number of aliphatic hydroxyl groups is 5. The Kier molecular flexibility index (Phi) is 8.49. The van der Waals surface area contributed by atoms with Crippen LogP contribution in [0.3, 0.4) is 0 Å². The Morgan fingerprint density at radius 2 is 1.43 bits per heavy atom. The smallest absolute Gasteiger partial charge is 0.187 e. The molecule has 0 aromatic heterocycles. The van der Waals surface area contributed by atoms with E-state index in [0.717, 1.165) is 11.1 Å². The van der Waals surface area contributed by atoms with Crippen molar-refractivity contribution in [3.05, 3.63) is 71.8 Å². The van der Waals surface area contributed by atoms with Crippen LogP contribution >= 0.6 is 0 Å². The fraction of sp³-hybridized carbons (Fsp3) is 0.538. The maximum atomic E-state index is 10.8. The molecule has 5 N–H and O–H groups in total. The van der Waals surface area contributed by atoms with Crippen LogP contribution in [-0.2, 0) is 35.0 Å². The molecule has 0 radical (unpaired) electrons. The van der Waals surface area contributed by atoms with Gasteiger partial charge in [0.05, 0.1) is 19.8 Å². The number of ether oxygens (including phenoxy) is 6. The minimum absolute atomic E-state index is 0.0546. The van der Waals surface area contributed by atoms with Crippen molar-refractivity contribution in [1.82, 2.24) is 0 Å². The molecule has 2 aromatic carbocycles. The van der Waals surface area contributed by atoms with Gasteiger partial charge in [0.25, 0.3) is 0 Å². The lowest BCUT2D eigenvalue weighted by atomic mass is 9.96. The highest BCUT2D eigenvalue weighted by Gasteiger charge is 2.53. The van der Waals surface area contributed by atoms with E-state index in [-0.39, 0.29) is 13.2 Å². The summed E-state index contributed by atoms with van der Waals surface area (Å²) in [6, 6.07) is 18.4. The summed E-state index contributed by atoms with van der Waals surface area (Å²) < 4.78 is 34.5. The molecule has 11 atom stereocenters. The lowest BCUT2D eigenvalue weighted by Crippen LogP contribution is -2.65. The molecule has 0 amide bonds. The second-order valence-electron chi connectivity index (χ2n) is 9.30. The quantitative estimate of drug-likeness (QED) is 0.323. The third-order valence-electron chi connectivity index (χ3n) is 6.77. The fourth-order valence-corrected chi connectivity index (χ4v) is 4.74. The number of fused-ring (bicyclic) bond motifs is 1. The van der Waals surface area contributed by atoms with Crippen LogP contribution in [0.2, 0.25) is 0 Å². The molecule has 5 rings (SSSR count). The van der Waals surface area contributed by atoms with Crippen LogP contribution < -0.4 is 0 Å². The number of hydrogen-bond acceptors (Lipinski definition) is 11. The average molecular weight is 521 g/mol.